The molecule has 0 atom stereocenters. The summed E-state index contributed by atoms with van der Waals surface area (Å²) >= 11 is 0. The van der Waals surface area contributed by atoms with Crippen LogP contribution in [0.25, 0.3) is 0 Å². The summed E-state index contributed by atoms with van der Waals surface area (Å²) in [5.74, 6) is 0.891. The van der Waals surface area contributed by atoms with E-state index in [-0.39, 0.29) is 5.78 Å². The minimum atomic E-state index is -0.477. The maximum absolute atomic E-state index is 11.9. The number of nitrogens with one attached hydrogen (secondary N) is 1. The van der Waals surface area contributed by atoms with E-state index in [1.165, 1.54) is 0 Å². The lowest BCUT2D eigenvalue weighted by atomic mass is 10.1. The largest absolute Gasteiger partial charge is 0.476 e. The van der Waals surface area contributed by atoms with Crippen LogP contribution in [0.15, 0.2) is 18.2 Å². The summed E-state index contributed by atoms with van der Waals surface area (Å²) in [4.78, 5) is 11.9. The van der Waals surface area contributed by atoms with Gasteiger partial charge in [-0.1, -0.05) is 6.07 Å². The summed E-state index contributed by atoms with van der Waals surface area (Å²) in [6.07, 6.45) is 1.73. The number of fused-ring (bicyclic) bond motifs is 1. The first-order valence-corrected chi connectivity index (χ1v) is 4.81. The second-order valence-electron chi connectivity index (χ2n) is 3.86. The third-order valence-corrected chi connectivity index (χ3v) is 2.94. The Bertz CT molecular complexity index is 421. The van der Waals surface area contributed by atoms with Crippen LogP contribution in [0.4, 0.5) is 5.69 Å². The highest BCUT2D eigenvalue weighted by Gasteiger charge is 2.58. The second-order valence-corrected chi connectivity index (χ2v) is 3.86. The Labute approximate surface area is 82.1 Å². The Balaban J connectivity index is 2.17. The summed E-state index contributed by atoms with van der Waals surface area (Å²) in [5.41, 5.74) is 1.16. The van der Waals surface area contributed by atoms with Crippen molar-refractivity contribution in [2.45, 2.75) is 18.4 Å². The van der Waals surface area contributed by atoms with Crippen LogP contribution in [0.1, 0.15) is 23.2 Å². The molecule has 0 radical (unpaired) electrons. The number of Topliss-reactive ketones (excluding diaryl/α,β-unsaturated/α-hetero) is 1. The number of ketones is 1. The van der Waals surface area contributed by atoms with Crippen molar-refractivity contribution in [1.29, 1.82) is 0 Å². The van der Waals surface area contributed by atoms with Crippen molar-refractivity contribution in [2.24, 2.45) is 0 Å². The van der Waals surface area contributed by atoms with Gasteiger partial charge in [0, 0.05) is 7.05 Å². The van der Waals surface area contributed by atoms with Gasteiger partial charge in [0.1, 0.15) is 0 Å². The van der Waals surface area contributed by atoms with Gasteiger partial charge in [0.05, 0.1) is 11.3 Å². The van der Waals surface area contributed by atoms with Crippen LogP contribution in [-0.4, -0.2) is 18.4 Å². The van der Waals surface area contributed by atoms with Gasteiger partial charge in [0.15, 0.2) is 11.4 Å². The molecular weight excluding hydrogens is 178 g/mol. The van der Waals surface area contributed by atoms with Crippen LogP contribution in [0, 0.1) is 0 Å². The van der Waals surface area contributed by atoms with Crippen molar-refractivity contribution < 1.29 is 9.53 Å². The van der Waals surface area contributed by atoms with E-state index in [1.807, 2.05) is 25.2 Å². The number of rotatable bonds is 1. The molecule has 1 saturated carbocycles. The van der Waals surface area contributed by atoms with Crippen LogP contribution < -0.4 is 10.1 Å². The fourth-order valence-electron chi connectivity index (χ4n) is 1.95. The average molecular weight is 189 g/mol. The highest BCUT2D eigenvalue weighted by atomic mass is 16.5. The smallest absolute Gasteiger partial charge is 0.210 e. The molecule has 1 heterocycles. The number of hydrogen-bond acceptors (Lipinski definition) is 3. The minimum Gasteiger partial charge on any atom is -0.476 e. The molecule has 1 spiro atoms. The van der Waals surface area contributed by atoms with Crippen LogP contribution in [0.2, 0.25) is 0 Å². The molecule has 1 aromatic carbocycles. The number of ether oxygens (including phenoxy) is 1. The van der Waals surface area contributed by atoms with Crippen LogP contribution in [0.3, 0.4) is 0 Å². The standard InChI is InChI=1S/C11H11NO2/c1-12-8-4-2-3-7-9(8)14-11(5-6-11)10(7)13/h2-4,12H,5-6H2,1H3. The van der Waals surface area contributed by atoms with Crippen molar-refractivity contribution in [3.05, 3.63) is 23.8 Å². The van der Waals surface area contributed by atoms with E-state index in [1.54, 1.807) is 0 Å². The maximum atomic E-state index is 11.9. The molecule has 14 heavy (non-hydrogen) atoms. The molecular formula is C11H11NO2. The van der Waals surface area contributed by atoms with Crippen molar-refractivity contribution in [2.75, 3.05) is 12.4 Å². The van der Waals surface area contributed by atoms with Gasteiger partial charge in [-0.25, -0.2) is 0 Å². The van der Waals surface area contributed by atoms with Crippen molar-refractivity contribution in [1.82, 2.24) is 0 Å². The average Bonchev–Trinajstić information content (AvgIpc) is 2.92. The topological polar surface area (TPSA) is 38.3 Å². The first-order chi connectivity index (χ1) is 6.77. The van der Waals surface area contributed by atoms with Crippen molar-refractivity contribution in [3.63, 3.8) is 0 Å². The first kappa shape index (κ1) is 7.85. The van der Waals surface area contributed by atoms with Crippen molar-refractivity contribution in [3.8, 4) is 5.75 Å². The van der Waals surface area contributed by atoms with E-state index in [2.05, 4.69) is 5.32 Å². The highest BCUT2D eigenvalue weighted by Crippen LogP contribution is 2.51. The minimum absolute atomic E-state index is 0.157. The molecule has 2 aliphatic rings. The molecule has 1 aliphatic heterocycles. The Morgan fingerprint density at radius 1 is 1.43 bits per heavy atom. The number of hydrogen-bond donors (Lipinski definition) is 1. The number of anilines is 1. The zero-order valence-corrected chi connectivity index (χ0v) is 7.96. The van der Waals surface area contributed by atoms with E-state index < -0.39 is 5.60 Å². The Hall–Kier alpha value is -1.51. The molecule has 0 amide bonds. The van der Waals surface area contributed by atoms with Gasteiger partial charge in [-0.15, -0.1) is 0 Å². The molecule has 0 unspecified atom stereocenters. The lowest BCUT2D eigenvalue weighted by Gasteiger charge is -2.08. The number of carbonyl (C=O) groups is 1. The van der Waals surface area contributed by atoms with Gasteiger partial charge in [-0.05, 0) is 25.0 Å². The van der Waals surface area contributed by atoms with Crippen LogP contribution in [0.5, 0.6) is 5.75 Å². The van der Waals surface area contributed by atoms with E-state index in [0.29, 0.717) is 0 Å². The normalized spacial score (nSPS) is 20.5. The Morgan fingerprint density at radius 2 is 2.21 bits per heavy atom. The third kappa shape index (κ3) is 0.794. The lowest BCUT2D eigenvalue weighted by molar-refractivity contribution is 0.0821. The van der Waals surface area contributed by atoms with Gasteiger partial charge in [-0.3, -0.25) is 4.79 Å². The molecule has 0 saturated heterocycles. The van der Waals surface area contributed by atoms with Gasteiger partial charge in [-0.2, -0.15) is 0 Å². The SMILES string of the molecule is CNc1cccc2c1OC1(CC1)C2=O. The number of carbonyl (C=O) groups excluding carboxylic acids is 1. The van der Waals surface area contributed by atoms with Gasteiger partial charge < -0.3 is 10.1 Å². The zero-order valence-electron chi connectivity index (χ0n) is 7.96. The van der Waals surface area contributed by atoms with E-state index in [4.69, 9.17) is 4.74 Å². The molecule has 1 aliphatic carbocycles. The predicted molar refractivity (Wildman–Crippen MR) is 52.9 cm³/mol. The highest BCUT2D eigenvalue weighted by molar-refractivity contribution is 6.10. The molecule has 72 valence electrons. The van der Waals surface area contributed by atoms with Gasteiger partial charge in [0.2, 0.25) is 5.78 Å². The molecule has 3 heteroatoms. The quantitative estimate of drug-likeness (QED) is 0.732. The maximum Gasteiger partial charge on any atom is 0.210 e. The third-order valence-electron chi connectivity index (χ3n) is 2.94. The summed E-state index contributed by atoms with van der Waals surface area (Å²) in [6.45, 7) is 0. The molecule has 1 fully saturated rings. The predicted octanol–water partition coefficient (Wildman–Crippen LogP) is 1.84. The van der Waals surface area contributed by atoms with E-state index in [0.717, 1.165) is 29.8 Å². The zero-order chi connectivity index (χ0) is 9.76. The lowest BCUT2D eigenvalue weighted by Crippen LogP contribution is -2.21. The van der Waals surface area contributed by atoms with Gasteiger partial charge in [0.25, 0.3) is 0 Å². The summed E-state index contributed by atoms with van der Waals surface area (Å²) in [5, 5.41) is 3.04. The second kappa shape index (κ2) is 2.29. The van der Waals surface area contributed by atoms with Crippen molar-refractivity contribution >= 4 is 11.5 Å². The molecule has 0 bridgehead atoms. The first-order valence-electron chi connectivity index (χ1n) is 4.81. The molecule has 0 aromatic heterocycles. The summed E-state index contributed by atoms with van der Waals surface area (Å²) < 4.78 is 5.73. The molecule has 3 rings (SSSR count). The van der Waals surface area contributed by atoms with Crippen LogP contribution >= 0.6 is 0 Å². The molecule has 3 nitrogen and oxygen atoms in total. The van der Waals surface area contributed by atoms with E-state index >= 15 is 0 Å². The fourth-order valence-corrected chi connectivity index (χ4v) is 1.95. The molecule has 1 aromatic rings. The Morgan fingerprint density at radius 3 is 2.86 bits per heavy atom. The van der Waals surface area contributed by atoms with Crippen LogP contribution in [-0.2, 0) is 0 Å². The monoisotopic (exact) mass is 189 g/mol. The summed E-state index contributed by atoms with van der Waals surface area (Å²) in [7, 11) is 1.83. The van der Waals surface area contributed by atoms with Gasteiger partial charge >= 0.3 is 0 Å². The molecule has 1 N–H and O–H groups in total. The number of benzene rings is 1. The fraction of sp³-hybridized carbons (Fsp3) is 0.364. The van der Waals surface area contributed by atoms with E-state index in [9.17, 15) is 4.79 Å². The summed E-state index contributed by atoms with van der Waals surface area (Å²) in [6, 6.07) is 5.65. The number of para-hydroxylation sites is 1. The Kier molecular flexibility index (Phi) is 1.29.